The molecule has 0 fully saturated rings. The van der Waals surface area contributed by atoms with Gasteiger partial charge >= 0.3 is 0 Å². The van der Waals surface area contributed by atoms with Gasteiger partial charge in [-0.2, -0.15) is 0 Å². The van der Waals surface area contributed by atoms with Gasteiger partial charge in [0, 0.05) is 12.4 Å². The first-order chi connectivity index (χ1) is 19.8. The highest BCUT2D eigenvalue weighted by atomic mass is 28.2. The van der Waals surface area contributed by atoms with Crippen molar-refractivity contribution in [3.05, 3.63) is 180 Å². The molecule has 0 bridgehead atoms. The number of aromatic nitrogens is 2. The number of unbranched alkanes of at least 4 members (excludes halogenated alkanes) is 2. The van der Waals surface area contributed by atoms with Crippen LogP contribution in [-0.4, -0.2) is 26.9 Å². The molecule has 0 aliphatic carbocycles. The van der Waals surface area contributed by atoms with Crippen LogP contribution in [0.5, 0.6) is 0 Å². The molecule has 0 N–H and O–H groups in total. The van der Waals surface area contributed by atoms with Gasteiger partial charge in [-0.15, -0.1) is 11.7 Å². The van der Waals surface area contributed by atoms with E-state index in [0.717, 1.165) is 0 Å². The van der Waals surface area contributed by atoms with Gasteiger partial charge < -0.3 is 4.57 Å². The van der Waals surface area contributed by atoms with Crippen molar-refractivity contribution in [2.24, 2.45) is 0 Å². The van der Waals surface area contributed by atoms with Gasteiger partial charge in [0.25, 0.3) is 0 Å². The summed E-state index contributed by atoms with van der Waals surface area (Å²) in [5.41, 5.74) is 8.97. The molecule has 40 heavy (non-hydrogen) atoms. The van der Waals surface area contributed by atoms with Gasteiger partial charge in [-0.1, -0.05) is 147 Å². The SMILES string of the molecule is BC=C(c1ccccc1)c1ccccc1.CCCCC=C[SiH2]C(c1ccccc1)(c1ccccc1)n1ccnc1. The summed E-state index contributed by atoms with van der Waals surface area (Å²) in [5, 5.41) is -0.137. The number of nitrogens with zero attached hydrogens (tertiary/aromatic N) is 2. The predicted molar refractivity (Wildman–Crippen MR) is 177 cm³/mol. The second-order valence-corrected chi connectivity index (χ2v) is 11.7. The Morgan fingerprint density at radius 2 is 1.27 bits per heavy atom. The van der Waals surface area contributed by atoms with Crippen LogP contribution >= 0.6 is 0 Å². The summed E-state index contributed by atoms with van der Waals surface area (Å²) in [7, 11) is 1.45. The number of benzene rings is 4. The molecule has 4 heteroatoms. The highest BCUT2D eigenvalue weighted by Gasteiger charge is 2.34. The average Bonchev–Trinajstić information content (AvgIpc) is 3.57. The molecule has 5 rings (SSSR count). The van der Waals surface area contributed by atoms with Crippen molar-refractivity contribution in [2.75, 3.05) is 0 Å². The lowest BCUT2D eigenvalue weighted by Crippen LogP contribution is -2.41. The van der Waals surface area contributed by atoms with E-state index >= 15 is 0 Å². The standard InChI is InChI=1S/C22H26N2Si.C14H13B/c1-2-3-4-11-18-25-22(24-17-16-23-19-24,20-12-7-5-8-13-20)21-14-9-6-10-15-21;15-11-14(12-7-3-1-4-8-12)13-9-5-2-6-10-13/h5-19H,2-4,25H2,1H3;1-11H,15H2. The van der Waals surface area contributed by atoms with Crippen LogP contribution in [0.4, 0.5) is 0 Å². The van der Waals surface area contributed by atoms with Crippen molar-refractivity contribution in [3.63, 3.8) is 0 Å². The Labute approximate surface area is 243 Å². The highest BCUT2D eigenvalue weighted by molar-refractivity contribution is 6.47. The van der Waals surface area contributed by atoms with Crippen LogP contribution in [0.15, 0.2) is 158 Å². The quantitative estimate of drug-likeness (QED) is 0.136. The lowest BCUT2D eigenvalue weighted by molar-refractivity contribution is 0.596. The Hall–Kier alpha value is -4.15. The van der Waals surface area contributed by atoms with E-state index in [9.17, 15) is 0 Å². The minimum Gasteiger partial charge on any atom is -0.326 e. The summed E-state index contributed by atoms with van der Waals surface area (Å²) in [4.78, 5) is 4.36. The molecule has 5 aromatic rings. The third kappa shape index (κ3) is 7.28. The fraction of sp³-hybridized carbons (Fsp3) is 0.139. The van der Waals surface area contributed by atoms with Gasteiger partial charge in [-0.3, -0.25) is 0 Å². The summed E-state index contributed by atoms with van der Waals surface area (Å²) in [6.07, 6.45) is 12.0. The van der Waals surface area contributed by atoms with E-state index in [1.54, 1.807) is 0 Å². The van der Waals surface area contributed by atoms with E-state index in [4.69, 9.17) is 0 Å². The fourth-order valence-electron chi connectivity index (χ4n) is 5.15. The molecule has 0 spiro atoms. The van der Waals surface area contributed by atoms with E-state index in [2.05, 4.69) is 157 Å². The molecule has 0 aliphatic rings. The van der Waals surface area contributed by atoms with Crippen LogP contribution in [0.2, 0.25) is 0 Å². The van der Waals surface area contributed by atoms with Gasteiger partial charge in [0.1, 0.15) is 7.85 Å². The summed E-state index contributed by atoms with van der Waals surface area (Å²) in [6.45, 7) is 2.25. The zero-order valence-electron chi connectivity index (χ0n) is 23.7. The predicted octanol–water partition coefficient (Wildman–Crippen LogP) is 7.21. The smallest absolute Gasteiger partial charge is 0.130 e. The van der Waals surface area contributed by atoms with Gasteiger partial charge in [0.05, 0.1) is 21.0 Å². The third-order valence-electron chi connectivity index (χ3n) is 7.21. The normalized spacial score (nSPS) is 11.3. The Kier molecular flexibility index (Phi) is 11.1. The Morgan fingerprint density at radius 1 is 0.775 bits per heavy atom. The second-order valence-electron chi connectivity index (χ2n) is 9.81. The lowest BCUT2D eigenvalue weighted by Gasteiger charge is -2.36. The van der Waals surface area contributed by atoms with Gasteiger partial charge in [-0.05, 0) is 34.2 Å². The van der Waals surface area contributed by atoms with Gasteiger partial charge in [0.2, 0.25) is 0 Å². The van der Waals surface area contributed by atoms with Gasteiger partial charge in [0.15, 0.2) is 0 Å². The number of imidazole rings is 1. The first-order valence-electron chi connectivity index (χ1n) is 14.3. The van der Waals surface area contributed by atoms with Crippen molar-refractivity contribution in [1.82, 2.24) is 9.55 Å². The lowest BCUT2D eigenvalue weighted by atomic mass is 9.92. The fourth-order valence-corrected chi connectivity index (χ4v) is 7.23. The molecule has 0 saturated carbocycles. The molecular weight excluding hydrogens is 499 g/mol. The maximum Gasteiger partial charge on any atom is 0.130 e. The van der Waals surface area contributed by atoms with E-state index in [1.165, 1.54) is 47.1 Å². The molecule has 1 heterocycles. The molecule has 0 atom stereocenters. The van der Waals surface area contributed by atoms with Crippen LogP contribution in [0.25, 0.3) is 5.57 Å². The maximum atomic E-state index is 4.36. The van der Waals surface area contributed by atoms with Gasteiger partial charge in [-0.25, -0.2) is 4.98 Å². The topological polar surface area (TPSA) is 17.8 Å². The monoisotopic (exact) mass is 538 g/mol. The van der Waals surface area contributed by atoms with Crippen molar-refractivity contribution in [3.8, 4) is 0 Å². The molecular formula is C36H39BN2Si. The highest BCUT2D eigenvalue weighted by Crippen LogP contribution is 2.33. The summed E-state index contributed by atoms with van der Waals surface area (Å²) < 4.78 is 2.30. The van der Waals surface area contributed by atoms with Crippen LogP contribution < -0.4 is 0 Å². The van der Waals surface area contributed by atoms with Crippen molar-refractivity contribution < 1.29 is 0 Å². The minimum atomic E-state index is -0.633. The number of hydrogen-bond donors (Lipinski definition) is 0. The Balaban J connectivity index is 0.000000210. The van der Waals surface area contributed by atoms with Crippen molar-refractivity contribution in [1.29, 1.82) is 0 Å². The molecule has 4 aromatic carbocycles. The summed E-state index contributed by atoms with van der Waals surface area (Å²) in [5.74, 6) is 2.16. The largest absolute Gasteiger partial charge is 0.326 e. The van der Waals surface area contributed by atoms with E-state index < -0.39 is 9.52 Å². The maximum absolute atomic E-state index is 4.36. The van der Waals surface area contributed by atoms with Crippen LogP contribution in [0.3, 0.4) is 0 Å². The first kappa shape index (κ1) is 28.8. The number of hydrogen-bond acceptors (Lipinski definition) is 1. The molecule has 1 aromatic heterocycles. The van der Waals surface area contributed by atoms with Crippen LogP contribution in [-0.2, 0) is 5.16 Å². The Bertz CT molecular complexity index is 1350. The number of rotatable bonds is 10. The minimum absolute atomic E-state index is 0.137. The zero-order valence-corrected chi connectivity index (χ0v) is 25.1. The van der Waals surface area contributed by atoms with E-state index in [0.29, 0.717) is 0 Å². The van der Waals surface area contributed by atoms with E-state index in [-0.39, 0.29) is 5.16 Å². The van der Waals surface area contributed by atoms with Crippen LogP contribution in [0, 0.1) is 0 Å². The summed E-state index contributed by atoms with van der Waals surface area (Å²) >= 11 is 0. The molecule has 200 valence electrons. The van der Waals surface area contributed by atoms with Crippen molar-refractivity contribution in [2.45, 2.75) is 31.3 Å². The molecule has 0 aliphatic heterocycles. The van der Waals surface area contributed by atoms with E-state index in [1.807, 2.05) is 24.7 Å². The summed E-state index contributed by atoms with van der Waals surface area (Å²) in [6, 6.07) is 42.7. The zero-order chi connectivity index (χ0) is 27.9. The number of allylic oxidation sites excluding steroid dienone is 1. The molecule has 0 unspecified atom stereocenters. The third-order valence-corrected chi connectivity index (χ3v) is 9.55. The van der Waals surface area contributed by atoms with Crippen molar-refractivity contribution >= 4 is 22.9 Å². The molecule has 0 radical (unpaired) electrons. The first-order valence-corrected chi connectivity index (χ1v) is 15.8. The van der Waals surface area contributed by atoms with Crippen LogP contribution in [0.1, 0.15) is 48.4 Å². The average molecular weight is 539 g/mol. The Morgan fingerprint density at radius 3 is 1.70 bits per heavy atom. The molecule has 0 saturated heterocycles. The second kappa shape index (κ2) is 15.4. The molecule has 0 amide bonds. The molecule has 2 nitrogen and oxygen atoms in total.